The molecule has 0 fully saturated rings. The van der Waals surface area contributed by atoms with Crippen LogP contribution in [-0.2, 0) is 0 Å². The summed E-state index contributed by atoms with van der Waals surface area (Å²) in [5.74, 6) is 0. The van der Waals surface area contributed by atoms with Gasteiger partial charge >= 0.3 is 0 Å². The summed E-state index contributed by atoms with van der Waals surface area (Å²) in [6, 6.07) is 27.7. The largest absolute Gasteiger partial charge is 0.378 e. The van der Waals surface area contributed by atoms with E-state index in [0.29, 0.717) is 0 Å². The summed E-state index contributed by atoms with van der Waals surface area (Å²) in [6.45, 7) is 0. The number of anilines is 2. The molecule has 0 saturated heterocycles. The number of hydrogen-bond donors (Lipinski definition) is 0. The third kappa shape index (κ3) is 2.79. The SMILES string of the molecule is CN(C)c1ccc2sc3c4cc5ccc6c7cc(N(C)C)ccc7sc6c5cc4ccc3c2c1. The van der Waals surface area contributed by atoms with E-state index in [-0.39, 0.29) is 0 Å². The molecule has 5 aromatic carbocycles. The highest BCUT2D eigenvalue weighted by Crippen LogP contribution is 2.44. The molecule has 7 aromatic rings. The lowest BCUT2D eigenvalue weighted by Crippen LogP contribution is -2.07. The maximum absolute atomic E-state index is 2.41. The molecular formula is C30H24N2S2. The lowest BCUT2D eigenvalue weighted by atomic mass is 9.99. The van der Waals surface area contributed by atoms with Gasteiger partial charge < -0.3 is 9.80 Å². The molecule has 0 saturated carbocycles. The van der Waals surface area contributed by atoms with E-state index in [1.54, 1.807) is 0 Å². The predicted molar refractivity (Wildman–Crippen MR) is 156 cm³/mol. The van der Waals surface area contributed by atoms with E-state index in [0.717, 1.165) is 0 Å². The molecule has 4 heteroatoms. The van der Waals surface area contributed by atoms with Crippen molar-refractivity contribution in [1.82, 2.24) is 0 Å². The second kappa shape index (κ2) is 7.08. The van der Waals surface area contributed by atoms with Gasteiger partial charge in [0.05, 0.1) is 0 Å². The summed E-state index contributed by atoms with van der Waals surface area (Å²) in [5, 5.41) is 10.8. The summed E-state index contributed by atoms with van der Waals surface area (Å²) in [7, 11) is 8.42. The Morgan fingerprint density at radius 2 is 0.882 bits per heavy atom. The van der Waals surface area contributed by atoms with Crippen LogP contribution in [0.25, 0.3) is 61.9 Å². The molecule has 0 spiro atoms. The van der Waals surface area contributed by atoms with Crippen molar-refractivity contribution in [3.05, 3.63) is 72.8 Å². The fraction of sp³-hybridized carbons (Fsp3) is 0.133. The van der Waals surface area contributed by atoms with Gasteiger partial charge in [-0.1, -0.05) is 24.3 Å². The normalized spacial score (nSPS) is 12.1. The lowest BCUT2D eigenvalue weighted by Gasteiger charge is -2.12. The Hall–Kier alpha value is -3.34. The first kappa shape index (κ1) is 20.1. The minimum absolute atomic E-state index is 1.25. The van der Waals surface area contributed by atoms with E-state index in [2.05, 4.69) is 111 Å². The van der Waals surface area contributed by atoms with Crippen LogP contribution in [0.3, 0.4) is 0 Å². The van der Waals surface area contributed by atoms with Crippen molar-refractivity contribution in [1.29, 1.82) is 0 Å². The first-order valence-corrected chi connectivity index (χ1v) is 13.1. The summed E-state index contributed by atoms with van der Waals surface area (Å²) in [6.07, 6.45) is 0. The van der Waals surface area contributed by atoms with E-state index in [1.165, 1.54) is 73.3 Å². The molecule has 2 nitrogen and oxygen atoms in total. The van der Waals surface area contributed by atoms with E-state index >= 15 is 0 Å². The van der Waals surface area contributed by atoms with Crippen molar-refractivity contribution in [2.24, 2.45) is 0 Å². The number of hydrogen-bond acceptors (Lipinski definition) is 4. The molecule has 0 amide bonds. The molecule has 0 aliphatic heterocycles. The van der Waals surface area contributed by atoms with E-state index in [9.17, 15) is 0 Å². The molecule has 0 atom stereocenters. The van der Waals surface area contributed by atoms with Crippen LogP contribution < -0.4 is 9.80 Å². The van der Waals surface area contributed by atoms with E-state index < -0.39 is 0 Å². The van der Waals surface area contributed by atoms with Crippen LogP contribution in [0.5, 0.6) is 0 Å². The molecule has 7 rings (SSSR count). The van der Waals surface area contributed by atoms with Crippen LogP contribution in [-0.4, -0.2) is 28.2 Å². The van der Waals surface area contributed by atoms with Crippen molar-refractivity contribution in [2.45, 2.75) is 0 Å². The average molecular weight is 477 g/mol. The van der Waals surface area contributed by atoms with Crippen LogP contribution in [0.15, 0.2) is 72.8 Å². The van der Waals surface area contributed by atoms with Gasteiger partial charge in [-0.05, 0) is 59.3 Å². The molecule has 0 radical (unpaired) electrons. The third-order valence-corrected chi connectivity index (χ3v) is 9.46. The maximum Gasteiger partial charge on any atom is 0.0434 e. The number of fused-ring (bicyclic) bond motifs is 10. The molecule has 0 aliphatic carbocycles. The Labute approximate surface area is 206 Å². The first-order chi connectivity index (χ1) is 16.5. The number of benzene rings is 5. The minimum Gasteiger partial charge on any atom is -0.378 e. The summed E-state index contributed by atoms with van der Waals surface area (Å²) >= 11 is 3.82. The minimum atomic E-state index is 1.25. The summed E-state index contributed by atoms with van der Waals surface area (Å²) in [5.41, 5.74) is 2.49. The second-order valence-corrected chi connectivity index (χ2v) is 11.6. The Balaban J connectivity index is 1.52. The Kier molecular flexibility index (Phi) is 4.18. The zero-order valence-corrected chi connectivity index (χ0v) is 21.3. The Bertz CT molecular complexity index is 1780. The maximum atomic E-state index is 2.41. The fourth-order valence-electron chi connectivity index (χ4n) is 5.15. The van der Waals surface area contributed by atoms with Crippen molar-refractivity contribution in [3.8, 4) is 0 Å². The second-order valence-electron chi connectivity index (χ2n) is 9.53. The summed E-state index contributed by atoms with van der Waals surface area (Å²) in [4.78, 5) is 4.35. The Morgan fingerprint density at radius 1 is 0.441 bits per heavy atom. The van der Waals surface area contributed by atoms with Gasteiger partial charge in [0.25, 0.3) is 0 Å². The highest BCUT2D eigenvalue weighted by molar-refractivity contribution is 7.27. The van der Waals surface area contributed by atoms with Crippen LogP contribution in [0.1, 0.15) is 0 Å². The standard InChI is InChI=1S/C30H24N2S2/c1-31(2)19-7-11-27-25(15-19)21-9-5-17-14-24-18(13-23(17)29(21)33-27)6-10-22-26-16-20(32(3)4)8-12-28(26)34-30(22)24/h5-16H,1-4H3. The van der Waals surface area contributed by atoms with Gasteiger partial charge in [0.2, 0.25) is 0 Å². The van der Waals surface area contributed by atoms with Crippen molar-refractivity contribution < 1.29 is 0 Å². The van der Waals surface area contributed by atoms with Crippen molar-refractivity contribution in [2.75, 3.05) is 38.0 Å². The molecule has 2 heterocycles. The van der Waals surface area contributed by atoms with Gasteiger partial charge in [-0.15, -0.1) is 22.7 Å². The highest BCUT2D eigenvalue weighted by atomic mass is 32.1. The molecule has 2 aromatic heterocycles. The predicted octanol–water partition coefficient (Wildman–Crippen LogP) is 8.86. The van der Waals surface area contributed by atoms with Gasteiger partial charge in [0, 0.05) is 90.7 Å². The monoisotopic (exact) mass is 476 g/mol. The van der Waals surface area contributed by atoms with Gasteiger partial charge in [0.15, 0.2) is 0 Å². The molecular weight excluding hydrogens is 452 g/mol. The smallest absolute Gasteiger partial charge is 0.0434 e. The quantitative estimate of drug-likeness (QED) is 0.230. The fourth-order valence-corrected chi connectivity index (χ4v) is 7.56. The van der Waals surface area contributed by atoms with E-state index in [4.69, 9.17) is 0 Å². The molecule has 0 unspecified atom stereocenters. The molecule has 166 valence electrons. The van der Waals surface area contributed by atoms with Gasteiger partial charge in [-0.2, -0.15) is 0 Å². The van der Waals surface area contributed by atoms with Crippen LogP contribution in [0, 0.1) is 0 Å². The van der Waals surface area contributed by atoms with Gasteiger partial charge in [-0.3, -0.25) is 0 Å². The van der Waals surface area contributed by atoms with Crippen LogP contribution >= 0.6 is 22.7 Å². The average Bonchev–Trinajstić information content (AvgIpc) is 3.40. The summed E-state index contributed by atoms with van der Waals surface area (Å²) < 4.78 is 5.48. The van der Waals surface area contributed by atoms with Crippen LogP contribution in [0.4, 0.5) is 11.4 Å². The van der Waals surface area contributed by atoms with Crippen LogP contribution in [0.2, 0.25) is 0 Å². The van der Waals surface area contributed by atoms with Gasteiger partial charge in [-0.25, -0.2) is 0 Å². The topological polar surface area (TPSA) is 6.48 Å². The number of nitrogens with zero attached hydrogens (tertiary/aromatic N) is 2. The van der Waals surface area contributed by atoms with E-state index in [1.807, 2.05) is 22.7 Å². The van der Waals surface area contributed by atoms with Crippen molar-refractivity contribution >= 4 is 95.9 Å². The first-order valence-electron chi connectivity index (χ1n) is 11.5. The molecule has 0 N–H and O–H groups in total. The molecule has 34 heavy (non-hydrogen) atoms. The molecule has 0 aliphatic rings. The Morgan fingerprint density at radius 3 is 1.29 bits per heavy atom. The van der Waals surface area contributed by atoms with Crippen molar-refractivity contribution in [3.63, 3.8) is 0 Å². The third-order valence-electron chi connectivity index (χ3n) is 7.02. The van der Waals surface area contributed by atoms with Gasteiger partial charge in [0.1, 0.15) is 0 Å². The zero-order chi connectivity index (χ0) is 23.1. The zero-order valence-electron chi connectivity index (χ0n) is 19.6. The lowest BCUT2D eigenvalue weighted by molar-refractivity contribution is 1.14. The highest BCUT2D eigenvalue weighted by Gasteiger charge is 2.14. The number of thiophene rings is 2. The number of rotatable bonds is 2. The molecule has 0 bridgehead atoms.